The molecule has 0 unspecified atom stereocenters. The molecule has 6 nitrogen and oxygen atoms in total. The summed E-state index contributed by atoms with van der Waals surface area (Å²) in [4.78, 5) is 12.3. The molecular weight excluding hydrogens is 356 g/mol. The minimum absolute atomic E-state index is 0.234. The van der Waals surface area contributed by atoms with Gasteiger partial charge < -0.3 is 19.3 Å². The van der Waals surface area contributed by atoms with E-state index < -0.39 is 5.97 Å². The van der Waals surface area contributed by atoms with Gasteiger partial charge in [-0.25, -0.2) is 4.79 Å². The van der Waals surface area contributed by atoms with Crippen molar-refractivity contribution in [2.45, 2.75) is 6.54 Å². The van der Waals surface area contributed by atoms with Crippen LogP contribution < -0.4 is 10.1 Å². The summed E-state index contributed by atoms with van der Waals surface area (Å²) in [5.41, 5.74) is 2.29. The summed E-state index contributed by atoms with van der Waals surface area (Å²) in [5.74, 6) is 0.450. The lowest BCUT2D eigenvalue weighted by Crippen LogP contribution is -2.07. The van der Waals surface area contributed by atoms with Gasteiger partial charge in [0.1, 0.15) is 11.4 Å². The molecule has 26 heavy (non-hydrogen) atoms. The zero-order chi connectivity index (χ0) is 18.5. The molecule has 1 aromatic heterocycles. The highest BCUT2D eigenvalue weighted by Crippen LogP contribution is 2.30. The standard InChI is InChI=1S/C19H17ClN2O4/c1-24-15-5-3-4-12(10-15)11-21-18-16(19(23)25-2)17(22-26-18)13-6-8-14(20)9-7-13/h3-10,21H,11H2,1-2H3. The molecule has 1 heterocycles. The maximum absolute atomic E-state index is 12.3. The van der Waals surface area contributed by atoms with Gasteiger partial charge in [-0.05, 0) is 29.8 Å². The Morgan fingerprint density at radius 1 is 1.19 bits per heavy atom. The van der Waals surface area contributed by atoms with E-state index in [0.717, 1.165) is 11.3 Å². The van der Waals surface area contributed by atoms with Crippen LogP contribution >= 0.6 is 11.6 Å². The molecule has 134 valence electrons. The SMILES string of the molecule is COC(=O)c1c(-c2ccc(Cl)cc2)noc1NCc1cccc(OC)c1. The van der Waals surface area contributed by atoms with Gasteiger partial charge in [-0.1, -0.05) is 41.0 Å². The maximum Gasteiger partial charge on any atom is 0.345 e. The number of hydrogen-bond donors (Lipinski definition) is 1. The molecule has 0 fully saturated rings. The highest BCUT2D eigenvalue weighted by atomic mass is 35.5. The highest BCUT2D eigenvalue weighted by Gasteiger charge is 2.24. The van der Waals surface area contributed by atoms with Gasteiger partial charge in [-0.3, -0.25) is 0 Å². The fourth-order valence-electron chi connectivity index (χ4n) is 2.47. The molecule has 2 aromatic carbocycles. The van der Waals surface area contributed by atoms with Gasteiger partial charge in [-0.2, -0.15) is 0 Å². The van der Waals surface area contributed by atoms with Crippen LogP contribution in [0.2, 0.25) is 5.02 Å². The fourth-order valence-corrected chi connectivity index (χ4v) is 2.60. The first-order chi connectivity index (χ1) is 12.6. The number of benzene rings is 2. The van der Waals surface area contributed by atoms with Gasteiger partial charge in [-0.15, -0.1) is 0 Å². The van der Waals surface area contributed by atoms with Gasteiger partial charge in [0.15, 0.2) is 5.56 Å². The number of carbonyl (C=O) groups excluding carboxylic acids is 1. The Kier molecular flexibility index (Phi) is 5.43. The van der Waals surface area contributed by atoms with E-state index in [2.05, 4.69) is 10.5 Å². The fraction of sp³-hybridized carbons (Fsp3) is 0.158. The molecular formula is C19H17ClN2O4. The van der Waals surface area contributed by atoms with E-state index in [4.69, 9.17) is 25.6 Å². The number of carbonyl (C=O) groups is 1. The number of aromatic nitrogens is 1. The van der Waals surface area contributed by atoms with E-state index in [9.17, 15) is 4.79 Å². The number of methoxy groups -OCH3 is 2. The van der Waals surface area contributed by atoms with Crippen molar-refractivity contribution >= 4 is 23.5 Å². The maximum atomic E-state index is 12.3. The number of hydrogen-bond acceptors (Lipinski definition) is 6. The summed E-state index contributed by atoms with van der Waals surface area (Å²) in [6.07, 6.45) is 0. The molecule has 3 aromatic rings. The molecule has 0 aliphatic heterocycles. The predicted octanol–water partition coefficient (Wildman–Crippen LogP) is 4.40. The van der Waals surface area contributed by atoms with Crippen molar-refractivity contribution < 1.29 is 18.8 Å². The largest absolute Gasteiger partial charge is 0.497 e. The summed E-state index contributed by atoms with van der Waals surface area (Å²) in [6, 6.07) is 14.5. The first kappa shape index (κ1) is 17.8. The Balaban J connectivity index is 1.89. The molecule has 0 saturated heterocycles. The summed E-state index contributed by atoms with van der Waals surface area (Å²) < 4.78 is 15.4. The molecule has 0 atom stereocenters. The van der Waals surface area contributed by atoms with Crippen LogP contribution in [0.25, 0.3) is 11.3 Å². The lowest BCUT2D eigenvalue weighted by Gasteiger charge is -2.07. The molecule has 0 amide bonds. The number of ether oxygens (including phenoxy) is 2. The predicted molar refractivity (Wildman–Crippen MR) is 98.6 cm³/mol. The second-order valence-electron chi connectivity index (χ2n) is 5.44. The van der Waals surface area contributed by atoms with Crippen LogP contribution in [0.15, 0.2) is 53.1 Å². The van der Waals surface area contributed by atoms with Crippen LogP contribution in [-0.2, 0) is 11.3 Å². The summed E-state index contributed by atoms with van der Waals surface area (Å²) in [6.45, 7) is 0.427. The molecule has 7 heteroatoms. The van der Waals surface area contributed by atoms with E-state index in [1.165, 1.54) is 7.11 Å². The average Bonchev–Trinajstić information content (AvgIpc) is 3.10. The van der Waals surface area contributed by atoms with E-state index >= 15 is 0 Å². The minimum Gasteiger partial charge on any atom is -0.497 e. The number of rotatable bonds is 6. The van der Waals surface area contributed by atoms with E-state index in [-0.39, 0.29) is 11.4 Å². The minimum atomic E-state index is -0.538. The van der Waals surface area contributed by atoms with Gasteiger partial charge in [0.25, 0.3) is 0 Å². The number of nitrogens with zero attached hydrogens (tertiary/aromatic N) is 1. The second kappa shape index (κ2) is 7.93. The summed E-state index contributed by atoms with van der Waals surface area (Å²) in [7, 11) is 2.92. The molecule has 0 aliphatic rings. The van der Waals surface area contributed by atoms with Gasteiger partial charge >= 0.3 is 5.97 Å². The van der Waals surface area contributed by atoms with Crippen molar-refractivity contribution in [1.82, 2.24) is 5.16 Å². The zero-order valence-corrected chi connectivity index (χ0v) is 15.0. The summed E-state index contributed by atoms with van der Waals surface area (Å²) in [5, 5.41) is 7.70. The molecule has 1 N–H and O–H groups in total. The van der Waals surface area contributed by atoms with Crippen LogP contribution in [0, 0.1) is 0 Å². The molecule has 0 radical (unpaired) electrons. The average molecular weight is 373 g/mol. The topological polar surface area (TPSA) is 73.6 Å². The van der Waals surface area contributed by atoms with Crippen molar-refractivity contribution in [2.75, 3.05) is 19.5 Å². The summed E-state index contributed by atoms with van der Waals surface area (Å²) >= 11 is 5.92. The Morgan fingerprint density at radius 2 is 1.96 bits per heavy atom. The quantitative estimate of drug-likeness (QED) is 0.646. The third kappa shape index (κ3) is 3.81. The molecule has 0 saturated carbocycles. The van der Waals surface area contributed by atoms with E-state index in [1.807, 2.05) is 24.3 Å². The Bertz CT molecular complexity index is 906. The van der Waals surface area contributed by atoms with Crippen molar-refractivity contribution in [2.24, 2.45) is 0 Å². The van der Waals surface area contributed by atoms with Crippen molar-refractivity contribution in [3.63, 3.8) is 0 Å². The van der Waals surface area contributed by atoms with Gasteiger partial charge in [0.05, 0.1) is 14.2 Å². The third-order valence-corrected chi connectivity index (χ3v) is 4.04. The number of nitrogens with one attached hydrogen (secondary N) is 1. The van der Waals surface area contributed by atoms with Crippen molar-refractivity contribution in [1.29, 1.82) is 0 Å². The number of esters is 1. The van der Waals surface area contributed by atoms with Crippen LogP contribution in [0.1, 0.15) is 15.9 Å². The van der Waals surface area contributed by atoms with Gasteiger partial charge in [0.2, 0.25) is 5.88 Å². The Labute approximate surface area is 155 Å². The number of anilines is 1. The normalized spacial score (nSPS) is 10.4. The third-order valence-electron chi connectivity index (χ3n) is 3.79. The number of halogens is 1. The van der Waals surface area contributed by atoms with Crippen LogP contribution in [0.5, 0.6) is 5.75 Å². The molecule has 0 bridgehead atoms. The van der Waals surface area contributed by atoms with Crippen molar-refractivity contribution in [3.05, 3.63) is 64.7 Å². The lowest BCUT2D eigenvalue weighted by atomic mass is 10.1. The molecule has 0 aliphatic carbocycles. The first-order valence-electron chi connectivity index (χ1n) is 7.83. The van der Waals surface area contributed by atoms with Crippen molar-refractivity contribution in [3.8, 4) is 17.0 Å². The first-order valence-corrected chi connectivity index (χ1v) is 8.21. The smallest absolute Gasteiger partial charge is 0.345 e. The molecule has 3 rings (SSSR count). The Morgan fingerprint density at radius 3 is 2.65 bits per heavy atom. The van der Waals surface area contributed by atoms with Gasteiger partial charge in [0, 0.05) is 17.1 Å². The zero-order valence-electron chi connectivity index (χ0n) is 14.3. The van der Waals surface area contributed by atoms with E-state index in [1.54, 1.807) is 31.4 Å². The Hall–Kier alpha value is -2.99. The van der Waals surface area contributed by atoms with Crippen LogP contribution in [-0.4, -0.2) is 25.3 Å². The highest BCUT2D eigenvalue weighted by molar-refractivity contribution is 6.30. The van der Waals surface area contributed by atoms with Crippen LogP contribution in [0.3, 0.4) is 0 Å². The van der Waals surface area contributed by atoms with Crippen LogP contribution in [0.4, 0.5) is 5.88 Å². The second-order valence-corrected chi connectivity index (χ2v) is 5.88. The van der Waals surface area contributed by atoms with E-state index in [0.29, 0.717) is 22.8 Å². The lowest BCUT2D eigenvalue weighted by molar-refractivity contribution is 0.0602. The monoisotopic (exact) mass is 372 g/mol. The molecule has 0 spiro atoms.